The SMILES string of the molecule is Cc1n[nH]c(=O)c2c1c1cc(F)ccc1n2Cc1cn(Cc2ccccc2)nn1. The molecule has 5 aromatic rings. The number of hydrogen-bond acceptors (Lipinski definition) is 4. The van der Waals surface area contributed by atoms with E-state index in [1.54, 1.807) is 17.7 Å². The Kier molecular flexibility index (Phi) is 3.97. The minimum Gasteiger partial charge on any atom is -0.330 e. The maximum Gasteiger partial charge on any atom is 0.288 e. The van der Waals surface area contributed by atoms with E-state index in [0.29, 0.717) is 40.8 Å². The van der Waals surface area contributed by atoms with Crippen LogP contribution in [0.3, 0.4) is 0 Å². The van der Waals surface area contributed by atoms with Crippen molar-refractivity contribution in [2.45, 2.75) is 20.0 Å². The number of nitrogens with one attached hydrogen (secondary N) is 1. The Balaban J connectivity index is 1.60. The predicted molar refractivity (Wildman–Crippen MR) is 107 cm³/mol. The Hall–Kier alpha value is -3.81. The molecule has 0 saturated heterocycles. The molecule has 3 aromatic heterocycles. The molecule has 0 spiro atoms. The van der Waals surface area contributed by atoms with Gasteiger partial charge in [-0.15, -0.1) is 5.10 Å². The first-order chi connectivity index (χ1) is 14.1. The smallest absolute Gasteiger partial charge is 0.288 e. The van der Waals surface area contributed by atoms with Gasteiger partial charge in [-0.3, -0.25) is 4.79 Å². The topological polar surface area (TPSA) is 81.4 Å². The van der Waals surface area contributed by atoms with Gasteiger partial charge in [-0.1, -0.05) is 35.5 Å². The summed E-state index contributed by atoms with van der Waals surface area (Å²) in [5, 5.41) is 16.3. The highest BCUT2D eigenvalue weighted by Crippen LogP contribution is 2.29. The van der Waals surface area contributed by atoms with Crippen LogP contribution in [-0.2, 0) is 13.1 Å². The Morgan fingerprint density at radius 3 is 2.76 bits per heavy atom. The molecule has 0 aliphatic carbocycles. The molecule has 5 rings (SSSR count). The highest BCUT2D eigenvalue weighted by molar-refractivity contribution is 6.08. The van der Waals surface area contributed by atoms with Crippen LogP contribution in [0, 0.1) is 12.7 Å². The molecule has 0 radical (unpaired) electrons. The van der Waals surface area contributed by atoms with E-state index in [-0.39, 0.29) is 11.4 Å². The van der Waals surface area contributed by atoms with Gasteiger partial charge in [-0.2, -0.15) is 5.10 Å². The largest absolute Gasteiger partial charge is 0.330 e. The molecule has 0 saturated carbocycles. The van der Waals surface area contributed by atoms with Crippen LogP contribution in [0.5, 0.6) is 0 Å². The zero-order valence-corrected chi connectivity index (χ0v) is 15.6. The summed E-state index contributed by atoms with van der Waals surface area (Å²) in [5.41, 5.74) is 3.35. The lowest BCUT2D eigenvalue weighted by Gasteiger charge is -2.04. The highest BCUT2D eigenvalue weighted by atomic mass is 19.1. The lowest BCUT2D eigenvalue weighted by molar-refractivity contribution is 0.629. The van der Waals surface area contributed by atoms with Crippen molar-refractivity contribution < 1.29 is 4.39 Å². The van der Waals surface area contributed by atoms with E-state index < -0.39 is 0 Å². The van der Waals surface area contributed by atoms with Crippen LogP contribution in [-0.4, -0.2) is 29.8 Å². The monoisotopic (exact) mass is 388 g/mol. The first kappa shape index (κ1) is 17.3. The summed E-state index contributed by atoms with van der Waals surface area (Å²) in [7, 11) is 0. The van der Waals surface area contributed by atoms with E-state index >= 15 is 0 Å². The van der Waals surface area contributed by atoms with Crippen molar-refractivity contribution in [2.24, 2.45) is 0 Å². The van der Waals surface area contributed by atoms with Gasteiger partial charge < -0.3 is 4.57 Å². The molecule has 2 aromatic carbocycles. The molecule has 0 atom stereocenters. The van der Waals surface area contributed by atoms with Gasteiger partial charge in [-0.25, -0.2) is 14.2 Å². The van der Waals surface area contributed by atoms with Crippen molar-refractivity contribution in [1.29, 1.82) is 0 Å². The number of benzene rings is 2. The van der Waals surface area contributed by atoms with E-state index in [4.69, 9.17) is 0 Å². The molecule has 0 fully saturated rings. The third kappa shape index (κ3) is 2.98. The molecule has 3 heterocycles. The Labute approximate surface area is 164 Å². The minimum absolute atomic E-state index is 0.320. The summed E-state index contributed by atoms with van der Waals surface area (Å²) in [6.07, 6.45) is 1.86. The number of halogens is 1. The molecule has 144 valence electrons. The zero-order chi connectivity index (χ0) is 20.0. The van der Waals surface area contributed by atoms with Gasteiger partial charge in [0.15, 0.2) is 0 Å². The fraction of sp³-hybridized carbons (Fsp3) is 0.143. The third-order valence-corrected chi connectivity index (χ3v) is 5.02. The standard InChI is InChI=1S/C21H17FN6O/c1-13-19-17-9-15(22)7-8-18(17)28(20(19)21(29)25-23-13)12-16-11-27(26-24-16)10-14-5-3-2-4-6-14/h2-9,11H,10,12H2,1H3,(H,25,29). The second-order valence-electron chi connectivity index (χ2n) is 7.00. The molecule has 8 heteroatoms. The average molecular weight is 388 g/mol. The summed E-state index contributed by atoms with van der Waals surface area (Å²) in [6.45, 7) is 2.74. The quantitative estimate of drug-likeness (QED) is 0.513. The van der Waals surface area contributed by atoms with Crippen LogP contribution >= 0.6 is 0 Å². The number of hydrogen-bond donors (Lipinski definition) is 1. The molecular weight excluding hydrogens is 371 g/mol. The minimum atomic E-state index is -0.356. The third-order valence-electron chi connectivity index (χ3n) is 5.02. The van der Waals surface area contributed by atoms with Crippen molar-refractivity contribution in [3.63, 3.8) is 0 Å². The van der Waals surface area contributed by atoms with Gasteiger partial charge >= 0.3 is 0 Å². The summed E-state index contributed by atoms with van der Waals surface area (Å²) in [4.78, 5) is 12.6. The number of rotatable bonds is 4. The average Bonchev–Trinajstić information content (AvgIpc) is 3.29. The van der Waals surface area contributed by atoms with Crippen LogP contribution in [0.15, 0.2) is 59.5 Å². The number of H-pyrrole nitrogens is 1. The second kappa shape index (κ2) is 6.66. The molecule has 0 unspecified atom stereocenters. The number of aryl methyl sites for hydroxylation is 1. The fourth-order valence-electron chi connectivity index (χ4n) is 3.76. The van der Waals surface area contributed by atoms with Crippen molar-refractivity contribution in [2.75, 3.05) is 0 Å². The molecule has 29 heavy (non-hydrogen) atoms. The van der Waals surface area contributed by atoms with Crippen LogP contribution in [0.4, 0.5) is 4.39 Å². The first-order valence-electron chi connectivity index (χ1n) is 9.20. The Morgan fingerprint density at radius 1 is 1.10 bits per heavy atom. The van der Waals surface area contributed by atoms with Gasteiger partial charge in [0, 0.05) is 16.3 Å². The maximum atomic E-state index is 13.9. The van der Waals surface area contributed by atoms with Gasteiger partial charge in [0.05, 0.1) is 25.0 Å². The Bertz CT molecular complexity index is 1400. The number of aromatic nitrogens is 6. The van der Waals surface area contributed by atoms with Crippen molar-refractivity contribution in [3.8, 4) is 0 Å². The summed E-state index contributed by atoms with van der Waals surface area (Å²) in [6, 6.07) is 14.5. The Morgan fingerprint density at radius 2 is 1.93 bits per heavy atom. The van der Waals surface area contributed by atoms with Crippen molar-refractivity contribution in [3.05, 3.63) is 87.9 Å². The van der Waals surface area contributed by atoms with E-state index in [9.17, 15) is 9.18 Å². The summed E-state index contributed by atoms with van der Waals surface area (Å²) >= 11 is 0. The first-order valence-corrected chi connectivity index (χ1v) is 9.20. The lowest BCUT2D eigenvalue weighted by atomic mass is 10.1. The van der Waals surface area contributed by atoms with Gasteiger partial charge in [0.2, 0.25) is 0 Å². The van der Waals surface area contributed by atoms with Gasteiger partial charge in [-0.05, 0) is 30.7 Å². The predicted octanol–water partition coefficient (Wildman–Crippen LogP) is 3.01. The molecule has 0 amide bonds. The summed E-state index contributed by atoms with van der Waals surface area (Å²) in [5.74, 6) is -0.356. The van der Waals surface area contributed by atoms with Crippen LogP contribution in [0.25, 0.3) is 21.8 Å². The fourth-order valence-corrected chi connectivity index (χ4v) is 3.76. The number of fused-ring (bicyclic) bond motifs is 3. The van der Waals surface area contributed by atoms with E-state index in [0.717, 1.165) is 11.1 Å². The zero-order valence-electron chi connectivity index (χ0n) is 15.6. The maximum absolute atomic E-state index is 13.9. The molecule has 1 N–H and O–H groups in total. The summed E-state index contributed by atoms with van der Waals surface area (Å²) < 4.78 is 17.5. The van der Waals surface area contributed by atoms with E-state index in [1.165, 1.54) is 12.1 Å². The highest BCUT2D eigenvalue weighted by Gasteiger charge is 2.18. The van der Waals surface area contributed by atoms with Crippen molar-refractivity contribution in [1.82, 2.24) is 29.8 Å². The molecule has 7 nitrogen and oxygen atoms in total. The van der Waals surface area contributed by atoms with Crippen molar-refractivity contribution >= 4 is 21.8 Å². The molecular formula is C21H17FN6O. The normalized spacial score (nSPS) is 11.5. The van der Waals surface area contributed by atoms with E-state index in [2.05, 4.69) is 20.5 Å². The van der Waals surface area contributed by atoms with Gasteiger partial charge in [0.25, 0.3) is 5.56 Å². The molecule has 0 aliphatic heterocycles. The molecule has 0 aliphatic rings. The molecule has 0 bridgehead atoms. The number of aromatic amines is 1. The van der Waals surface area contributed by atoms with Gasteiger partial charge in [0.1, 0.15) is 17.0 Å². The van der Waals surface area contributed by atoms with Crippen LogP contribution in [0.1, 0.15) is 17.0 Å². The van der Waals surface area contributed by atoms with E-state index in [1.807, 2.05) is 41.1 Å². The number of nitrogens with zero attached hydrogens (tertiary/aromatic N) is 5. The van der Waals surface area contributed by atoms with Crippen LogP contribution < -0.4 is 5.56 Å². The van der Waals surface area contributed by atoms with Crippen LogP contribution in [0.2, 0.25) is 0 Å². The second-order valence-corrected chi connectivity index (χ2v) is 7.00. The lowest BCUT2D eigenvalue weighted by Crippen LogP contribution is -2.14.